The van der Waals surface area contributed by atoms with Gasteiger partial charge in [0, 0.05) is 19.2 Å². The topological polar surface area (TPSA) is 78.6 Å². The van der Waals surface area contributed by atoms with Crippen LogP contribution in [-0.2, 0) is 26.9 Å². The molecule has 6 heteroatoms. The lowest BCUT2D eigenvalue weighted by Gasteiger charge is -2.09. The Bertz CT molecular complexity index is 485. The lowest BCUT2D eigenvalue weighted by Crippen LogP contribution is -2.13. The second-order valence-electron chi connectivity index (χ2n) is 3.94. The molecule has 0 amide bonds. The van der Waals surface area contributed by atoms with Gasteiger partial charge in [0.05, 0.1) is 25.2 Å². The summed E-state index contributed by atoms with van der Waals surface area (Å²) in [5.74, 6) is 0.624. The molecule has 18 heavy (non-hydrogen) atoms. The molecule has 0 saturated carbocycles. The van der Waals surface area contributed by atoms with Gasteiger partial charge in [-0.1, -0.05) is 12.1 Å². The molecule has 0 aromatic heterocycles. The molecule has 0 fully saturated rings. The van der Waals surface area contributed by atoms with Gasteiger partial charge in [0.15, 0.2) is 9.84 Å². The summed E-state index contributed by atoms with van der Waals surface area (Å²) >= 11 is 0. The SMILES string of the molecule is COCCS(=O)(=O)Cc1ccc(CN)c(OC)c1. The second-order valence-corrected chi connectivity index (χ2v) is 6.12. The summed E-state index contributed by atoms with van der Waals surface area (Å²) in [6, 6.07) is 5.27. The molecule has 0 radical (unpaired) electrons. The van der Waals surface area contributed by atoms with Crippen molar-refractivity contribution in [2.24, 2.45) is 5.73 Å². The summed E-state index contributed by atoms with van der Waals surface area (Å²) in [6.45, 7) is 0.570. The van der Waals surface area contributed by atoms with Crippen LogP contribution in [0.2, 0.25) is 0 Å². The molecule has 0 unspecified atom stereocenters. The average Bonchev–Trinajstić information content (AvgIpc) is 2.35. The molecular weight excluding hydrogens is 254 g/mol. The van der Waals surface area contributed by atoms with Gasteiger partial charge in [0.2, 0.25) is 0 Å². The van der Waals surface area contributed by atoms with Crippen molar-refractivity contribution in [2.45, 2.75) is 12.3 Å². The van der Waals surface area contributed by atoms with Gasteiger partial charge in [-0.2, -0.15) is 0 Å². The van der Waals surface area contributed by atoms with Crippen LogP contribution in [0, 0.1) is 0 Å². The van der Waals surface area contributed by atoms with E-state index in [1.54, 1.807) is 18.2 Å². The van der Waals surface area contributed by atoms with E-state index in [9.17, 15) is 8.42 Å². The van der Waals surface area contributed by atoms with Crippen molar-refractivity contribution < 1.29 is 17.9 Å². The molecule has 102 valence electrons. The molecule has 1 aromatic rings. The fourth-order valence-electron chi connectivity index (χ4n) is 1.58. The van der Waals surface area contributed by atoms with Gasteiger partial charge in [-0.05, 0) is 11.6 Å². The Hall–Kier alpha value is -1.11. The maximum atomic E-state index is 11.8. The van der Waals surface area contributed by atoms with Crippen molar-refractivity contribution in [3.05, 3.63) is 29.3 Å². The molecule has 0 heterocycles. The summed E-state index contributed by atoms with van der Waals surface area (Å²) in [5.41, 5.74) is 7.11. The van der Waals surface area contributed by atoms with Gasteiger partial charge >= 0.3 is 0 Å². The van der Waals surface area contributed by atoms with Crippen LogP contribution in [-0.4, -0.2) is 35.0 Å². The number of sulfone groups is 1. The van der Waals surface area contributed by atoms with Gasteiger partial charge in [0.1, 0.15) is 5.75 Å². The summed E-state index contributed by atoms with van der Waals surface area (Å²) in [4.78, 5) is 0. The molecule has 2 N–H and O–H groups in total. The molecule has 0 aliphatic carbocycles. The lowest BCUT2D eigenvalue weighted by molar-refractivity contribution is 0.217. The third-order valence-corrected chi connectivity index (χ3v) is 4.12. The van der Waals surface area contributed by atoms with Gasteiger partial charge in [-0.3, -0.25) is 0 Å². The van der Waals surface area contributed by atoms with E-state index in [2.05, 4.69) is 0 Å². The minimum atomic E-state index is -3.15. The summed E-state index contributed by atoms with van der Waals surface area (Å²) in [7, 11) is -0.133. The quantitative estimate of drug-likeness (QED) is 0.791. The van der Waals surface area contributed by atoms with Crippen molar-refractivity contribution >= 4 is 9.84 Å². The van der Waals surface area contributed by atoms with Crippen LogP contribution < -0.4 is 10.5 Å². The van der Waals surface area contributed by atoms with Crippen LogP contribution in [0.5, 0.6) is 5.75 Å². The highest BCUT2D eigenvalue weighted by Crippen LogP contribution is 2.21. The fourth-order valence-corrected chi connectivity index (χ4v) is 2.84. The number of nitrogens with two attached hydrogens (primary N) is 1. The van der Waals surface area contributed by atoms with E-state index < -0.39 is 9.84 Å². The van der Waals surface area contributed by atoms with Crippen molar-refractivity contribution in [3.63, 3.8) is 0 Å². The molecule has 0 saturated heterocycles. The first-order chi connectivity index (χ1) is 8.52. The van der Waals surface area contributed by atoms with Crippen LogP contribution >= 0.6 is 0 Å². The Balaban J connectivity index is 2.85. The average molecular weight is 273 g/mol. The smallest absolute Gasteiger partial charge is 0.156 e. The highest BCUT2D eigenvalue weighted by molar-refractivity contribution is 7.90. The number of ether oxygens (including phenoxy) is 2. The zero-order valence-corrected chi connectivity index (χ0v) is 11.5. The minimum Gasteiger partial charge on any atom is -0.496 e. The largest absolute Gasteiger partial charge is 0.496 e. The van der Waals surface area contributed by atoms with Gasteiger partial charge in [-0.15, -0.1) is 0 Å². The zero-order valence-electron chi connectivity index (χ0n) is 10.7. The molecule has 0 spiro atoms. The lowest BCUT2D eigenvalue weighted by atomic mass is 10.1. The molecule has 1 aromatic carbocycles. The molecule has 0 aliphatic rings. The number of rotatable bonds is 7. The maximum absolute atomic E-state index is 11.8. The van der Waals surface area contributed by atoms with E-state index >= 15 is 0 Å². The van der Waals surface area contributed by atoms with Crippen LogP contribution in [0.15, 0.2) is 18.2 Å². The van der Waals surface area contributed by atoms with E-state index in [0.29, 0.717) is 17.9 Å². The minimum absolute atomic E-state index is 0.0163. The molecule has 0 aliphatic heterocycles. The van der Waals surface area contributed by atoms with E-state index in [1.165, 1.54) is 14.2 Å². The Morgan fingerprint density at radius 3 is 2.56 bits per heavy atom. The standard InChI is InChI=1S/C12H19NO4S/c1-16-5-6-18(14,15)9-10-3-4-11(8-13)12(7-10)17-2/h3-4,7H,5-6,8-9,13H2,1-2H3. The maximum Gasteiger partial charge on any atom is 0.156 e. The number of benzene rings is 1. The van der Waals surface area contributed by atoms with E-state index in [-0.39, 0.29) is 18.1 Å². The third-order valence-electron chi connectivity index (χ3n) is 2.56. The highest BCUT2D eigenvalue weighted by Gasteiger charge is 2.13. The van der Waals surface area contributed by atoms with E-state index in [4.69, 9.17) is 15.2 Å². The first kappa shape index (κ1) is 14.9. The Morgan fingerprint density at radius 2 is 2.00 bits per heavy atom. The van der Waals surface area contributed by atoms with Crippen LogP contribution in [0.1, 0.15) is 11.1 Å². The first-order valence-corrected chi connectivity index (χ1v) is 7.39. The second kappa shape index (κ2) is 6.72. The Kier molecular flexibility index (Phi) is 5.58. The summed E-state index contributed by atoms with van der Waals surface area (Å²) in [6.07, 6.45) is 0. The predicted molar refractivity (Wildman–Crippen MR) is 70.3 cm³/mol. The molecular formula is C12H19NO4S. The summed E-state index contributed by atoms with van der Waals surface area (Å²) in [5, 5.41) is 0. The molecule has 5 nitrogen and oxygen atoms in total. The molecule has 0 atom stereocenters. The highest BCUT2D eigenvalue weighted by atomic mass is 32.2. The van der Waals surface area contributed by atoms with Crippen LogP contribution in [0.4, 0.5) is 0 Å². The first-order valence-electron chi connectivity index (χ1n) is 5.57. The Labute approximate surface area is 108 Å². The number of methoxy groups -OCH3 is 2. The van der Waals surface area contributed by atoms with Crippen LogP contribution in [0.25, 0.3) is 0 Å². The Morgan fingerprint density at radius 1 is 1.28 bits per heavy atom. The van der Waals surface area contributed by atoms with Crippen LogP contribution in [0.3, 0.4) is 0 Å². The molecule has 1 rings (SSSR count). The normalized spacial score (nSPS) is 11.5. The van der Waals surface area contributed by atoms with E-state index in [1.807, 2.05) is 0 Å². The number of hydrogen-bond donors (Lipinski definition) is 1. The molecule has 0 bridgehead atoms. The van der Waals surface area contributed by atoms with E-state index in [0.717, 1.165) is 5.56 Å². The third kappa shape index (κ3) is 4.29. The van der Waals surface area contributed by atoms with Gasteiger partial charge < -0.3 is 15.2 Å². The zero-order chi connectivity index (χ0) is 13.6. The van der Waals surface area contributed by atoms with Crippen molar-refractivity contribution in [1.29, 1.82) is 0 Å². The van der Waals surface area contributed by atoms with Crippen molar-refractivity contribution in [3.8, 4) is 5.75 Å². The van der Waals surface area contributed by atoms with Gasteiger partial charge in [-0.25, -0.2) is 8.42 Å². The van der Waals surface area contributed by atoms with Crippen molar-refractivity contribution in [1.82, 2.24) is 0 Å². The number of hydrogen-bond acceptors (Lipinski definition) is 5. The summed E-state index contributed by atoms with van der Waals surface area (Å²) < 4.78 is 33.5. The van der Waals surface area contributed by atoms with Gasteiger partial charge in [0.25, 0.3) is 0 Å². The predicted octanol–water partition coefficient (Wildman–Crippen LogP) is 0.715. The monoisotopic (exact) mass is 273 g/mol. The van der Waals surface area contributed by atoms with Crippen molar-refractivity contribution in [2.75, 3.05) is 26.6 Å². The fraction of sp³-hybridized carbons (Fsp3) is 0.500.